The Morgan fingerprint density at radius 3 is 2.70 bits per heavy atom. The number of hydrogen-bond donors (Lipinski definition) is 1. The van der Waals surface area contributed by atoms with Crippen molar-refractivity contribution < 1.29 is 19.4 Å². The molecule has 4 saturated carbocycles. The van der Waals surface area contributed by atoms with E-state index in [1.807, 2.05) is 0 Å². The minimum atomic E-state index is -0.702. The van der Waals surface area contributed by atoms with Gasteiger partial charge in [-0.2, -0.15) is 0 Å². The number of carbonyl (C=O) groups excluding carboxylic acids is 2. The van der Waals surface area contributed by atoms with Gasteiger partial charge in [0, 0.05) is 17.8 Å². The second kappa shape index (κ2) is 10.4. The molecule has 0 radical (unpaired) electrons. The van der Waals surface area contributed by atoms with E-state index in [0.717, 1.165) is 44.9 Å². The normalized spacial score (nSPS) is 43.3. The third kappa shape index (κ3) is 4.55. The molecule has 1 N–H and O–H groups in total. The number of hydrogen-bond acceptors (Lipinski definition) is 4. The van der Waals surface area contributed by atoms with Gasteiger partial charge in [-0.3, -0.25) is 9.59 Å². The molecule has 0 bridgehead atoms. The number of unbranched alkanes of at least 4 members (excludes halogenated alkanes) is 3. The van der Waals surface area contributed by atoms with Gasteiger partial charge in [-0.15, -0.1) is 0 Å². The highest BCUT2D eigenvalue weighted by molar-refractivity contribution is 5.93. The maximum absolute atomic E-state index is 13.7. The van der Waals surface area contributed by atoms with Crippen LogP contribution in [0, 0.1) is 52.3 Å². The molecule has 0 aromatic rings. The van der Waals surface area contributed by atoms with Gasteiger partial charge in [0.25, 0.3) is 0 Å². The number of ketones is 1. The summed E-state index contributed by atoms with van der Waals surface area (Å²) < 4.78 is 6.05. The van der Waals surface area contributed by atoms with Crippen molar-refractivity contribution in [1.82, 2.24) is 0 Å². The molecule has 5 aliphatic carbocycles. The molecule has 5 rings (SSSR count). The number of Topliss-reactive ketones (excluding diaryl/α,β-unsaturated/α-hetero) is 1. The predicted octanol–water partition coefficient (Wildman–Crippen LogP) is 7.28. The van der Waals surface area contributed by atoms with Crippen LogP contribution in [0.5, 0.6) is 0 Å². The molecule has 0 spiro atoms. The zero-order chi connectivity index (χ0) is 26.4. The smallest absolute Gasteiger partial charge is 0.306 e. The molecule has 37 heavy (non-hydrogen) atoms. The molecular formula is C33H52O4. The summed E-state index contributed by atoms with van der Waals surface area (Å²) in [6.45, 7) is 9.31. The first-order valence-electron chi connectivity index (χ1n) is 15.8. The fraction of sp³-hybridized carbons (Fsp3) is 0.879. The Bertz CT molecular complexity index is 895. The Kier molecular flexibility index (Phi) is 7.73. The van der Waals surface area contributed by atoms with Crippen LogP contribution < -0.4 is 0 Å². The molecular weight excluding hydrogens is 460 g/mol. The van der Waals surface area contributed by atoms with Gasteiger partial charge in [0.15, 0.2) is 0 Å². The summed E-state index contributed by atoms with van der Waals surface area (Å²) in [4.78, 5) is 26.8. The first kappa shape index (κ1) is 27.4. The number of ether oxygens (including phenoxy) is 1. The number of carbonyl (C=O) groups is 2. The lowest BCUT2D eigenvalue weighted by Crippen LogP contribution is -2.60. The highest BCUT2D eigenvalue weighted by Crippen LogP contribution is 2.72. The Hall–Kier alpha value is -1.16. The lowest BCUT2D eigenvalue weighted by molar-refractivity contribution is -0.169. The second-order valence-corrected chi connectivity index (χ2v) is 14.0. The summed E-state index contributed by atoms with van der Waals surface area (Å²) in [5, 5.41) is 11.6. The molecule has 0 aliphatic heterocycles. The van der Waals surface area contributed by atoms with Crippen molar-refractivity contribution in [2.24, 2.45) is 52.3 Å². The molecule has 10 atom stereocenters. The van der Waals surface area contributed by atoms with Crippen LogP contribution in [0.2, 0.25) is 0 Å². The van der Waals surface area contributed by atoms with Crippen LogP contribution in [0.1, 0.15) is 118 Å². The zero-order valence-electron chi connectivity index (χ0n) is 24.0. The van der Waals surface area contributed by atoms with Gasteiger partial charge in [0.1, 0.15) is 12.4 Å². The summed E-state index contributed by atoms with van der Waals surface area (Å²) in [5.41, 5.74) is -1.30. The second-order valence-electron chi connectivity index (χ2n) is 14.0. The summed E-state index contributed by atoms with van der Waals surface area (Å²) in [6, 6.07) is 0. The largest absolute Gasteiger partial charge is 0.465 e. The van der Waals surface area contributed by atoms with Crippen LogP contribution in [0.3, 0.4) is 0 Å². The van der Waals surface area contributed by atoms with E-state index in [4.69, 9.17) is 4.74 Å². The minimum absolute atomic E-state index is 0.106. The van der Waals surface area contributed by atoms with E-state index in [1.54, 1.807) is 0 Å². The van der Waals surface area contributed by atoms with Crippen molar-refractivity contribution in [1.29, 1.82) is 0 Å². The third-order valence-electron chi connectivity index (χ3n) is 12.2. The van der Waals surface area contributed by atoms with Crippen LogP contribution in [-0.4, -0.2) is 29.1 Å². The standard InChI is InChI=1S/C33H52O4/c1-5-7-8-9-12-22(3)23(6-2)19-28(34)37-21-32-17-14-27-24(29(32)25-20-26(25)30(32)35)13-18-33(36)16-11-10-15-31(27,33)4/h13,18,22-27,29,36H,5-12,14-17,19-21H2,1-4H3/t22?,23?,24-,25-,26+,27+,29-,31-,32-,33-/m1/s1. The van der Waals surface area contributed by atoms with Gasteiger partial charge in [0.2, 0.25) is 0 Å². The summed E-state index contributed by atoms with van der Waals surface area (Å²) >= 11 is 0. The number of esters is 1. The molecule has 4 nitrogen and oxygen atoms in total. The van der Waals surface area contributed by atoms with Crippen LogP contribution in [0.15, 0.2) is 12.2 Å². The van der Waals surface area contributed by atoms with Crippen LogP contribution in [0.4, 0.5) is 0 Å². The van der Waals surface area contributed by atoms with Gasteiger partial charge in [-0.25, -0.2) is 0 Å². The SMILES string of the molecule is CCCCCCC(C)C(CC)CC(=O)OC[C@]12CC[C@H]3[C@@H](C=C[C@]4(O)CCCC[C@]34C)[C@@H]1[C@@H]1C[C@@H]1C2=O. The molecule has 2 unspecified atom stereocenters. The monoisotopic (exact) mass is 512 g/mol. The first-order valence-corrected chi connectivity index (χ1v) is 15.8. The van der Waals surface area contributed by atoms with Crippen molar-refractivity contribution in [2.75, 3.05) is 6.61 Å². The highest BCUT2D eigenvalue weighted by atomic mass is 16.5. The average Bonchev–Trinajstić information content (AvgIpc) is 3.63. The Morgan fingerprint density at radius 1 is 1.16 bits per heavy atom. The molecule has 0 aromatic heterocycles. The van der Waals surface area contributed by atoms with Gasteiger partial charge in [-0.05, 0) is 67.6 Å². The van der Waals surface area contributed by atoms with Crippen molar-refractivity contribution in [2.45, 2.75) is 123 Å². The fourth-order valence-electron chi connectivity index (χ4n) is 9.69. The minimum Gasteiger partial charge on any atom is -0.465 e. The van der Waals surface area contributed by atoms with E-state index in [-0.39, 0.29) is 29.8 Å². The number of aliphatic hydroxyl groups is 1. The molecule has 0 aromatic carbocycles. The van der Waals surface area contributed by atoms with Gasteiger partial charge in [-0.1, -0.05) is 91.2 Å². The summed E-state index contributed by atoms with van der Waals surface area (Å²) in [7, 11) is 0. The molecule has 5 aliphatic rings. The molecule has 4 fully saturated rings. The molecule has 4 heteroatoms. The quantitative estimate of drug-likeness (QED) is 0.179. The summed E-state index contributed by atoms with van der Waals surface area (Å²) in [5.74, 6) is 2.81. The van der Waals surface area contributed by atoms with E-state index in [0.29, 0.717) is 41.8 Å². The lowest BCUT2D eigenvalue weighted by atomic mass is 9.45. The van der Waals surface area contributed by atoms with Crippen molar-refractivity contribution in [3.63, 3.8) is 0 Å². The van der Waals surface area contributed by atoms with Crippen molar-refractivity contribution in [3.05, 3.63) is 12.2 Å². The van der Waals surface area contributed by atoms with E-state index in [9.17, 15) is 14.7 Å². The van der Waals surface area contributed by atoms with Crippen LogP contribution in [-0.2, 0) is 14.3 Å². The van der Waals surface area contributed by atoms with Gasteiger partial charge in [0.05, 0.1) is 11.0 Å². The van der Waals surface area contributed by atoms with Crippen molar-refractivity contribution >= 4 is 11.8 Å². The molecule has 0 saturated heterocycles. The third-order valence-corrected chi connectivity index (χ3v) is 12.2. The van der Waals surface area contributed by atoms with Crippen molar-refractivity contribution in [3.8, 4) is 0 Å². The van der Waals surface area contributed by atoms with Gasteiger partial charge >= 0.3 is 5.97 Å². The highest BCUT2D eigenvalue weighted by Gasteiger charge is 2.73. The van der Waals surface area contributed by atoms with E-state index in [2.05, 4.69) is 39.8 Å². The summed E-state index contributed by atoms with van der Waals surface area (Å²) in [6.07, 6.45) is 19.1. The Labute approximate surface area is 225 Å². The van der Waals surface area contributed by atoms with E-state index < -0.39 is 11.0 Å². The average molecular weight is 513 g/mol. The molecule has 0 heterocycles. The van der Waals surface area contributed by atoms with Crippen LogP contribution >= 0.6 is 0 Å². The predicted molar refractivity (Wildman–Crippen MR) is 147 cm³/mol. The molecule has 0 amide bonds. The Balaban J connectivity index is 1.26. The maximum Gasteiger partial charge on any atom is 0.306 e. The van der Waals surface area contributed by atoms with Gasteiger partial charge < -0.3 is 9.84 Å². The van der Waals surface area contributed by atoms with E-state index >= 15 is 0 Å². The number of fused-ring (bicyclic) bond motifs is 7. The first-order chi connectivity index (χ1) is 17.7. The molecule has 208 valence electrons. The fourth-order valence-corrected chi connectivity index (χ4v) is 9.69. The maximum atomic E-state index is 13.7. The number of allylic oxidation sites excluding steroid dienone is 1. The zero-order valence-corrected chi connectivity index (χ0v) is 24.0. The Morgan fingerprint density at radius 2 is 1.95 bits per heavy atom. The van der Waals surface area contributed by atoms with Crippen LogP contribution in [0.25, 0.3) is 0 Å². The lowest BCUT2D eigenvalue weighted by Gasteiger charge is -2.60. The van der Waals surface area contributed by atoms with E-state index in [1.165, 1.54) is 38.5 Å². The topological polar surface area (TPSA) is 63.6 Å². The number of rotatable bonds is 11.